The van der Waals surface area contributed by atoms with Crippen LogP contribution in [0.1, 0.15) is 37.3 Å². The molecule has 1 heterocycles. The van der Waals surface area contributed by atoms with Crippen LogP contribution < -0.4 is 0 Å². The summed E-state index contributed by atoms with van der Waals surface area (Å²) in [7, 11) is -3.88. The molecule has 3 aromatic rings. The van der Waals surface area contributed by atoms with Crippen LogP contribution in [-0.4, -0.2) is 80.6 Å². The molecule has 1 saturated heterocycles. The van der Waals surface area contributed by atoms with Crippen LogP contribution in [0.15, 0.2) is 109 Å². The van der Waals surface area contributed by atoms with Crippen molar-refractivity contribution in [1.29, 1.82) is 0 Å². The summed E-state index contributed by atoms with van der Waals surface area (Å²) in [5.41, 5.74) is 1.41. The zero-order valence-corrected chi connectivity index (χ0v) is 26.4. The molecule has 7 nitrogen and oxygen atoms in total. The number of amides is 1. The molecular weight excluding hydrogens is 577 g/mol. The van der Waals surface area contributed by atoms with Gasteiger partial charge in [-0.25, -0.2) is 17.6 Å². The maximum absolute atomic E-state index is 13.7. The van der Waals surface area contributed by atoms with Gasteiger partial charge in [-0.15, -0.1) is 6.58 Å². The average Bonchev–Trinajstić information content (AvgIpc) is 3.06. The van der Waals surface area contributed by atoms with Crippen LogP contribution in [-0.2, 0) is 26.8 Å². The van der Waals surface area contributed by atoms with Gasteiger partial charge >= 0.3 is 6.09 Å². The van der Waals surface area contributed by atoms with Gasteiger partial charge in [0.2, 0.25) is 10.0 Å². The Morgan fingerprint density at radius 2 is 1.59 bits per heavy atom. The predicted molar refractivity (Wildman–Crippen MR) is 173 cm³/mol. The third-order valence-electron chi connectivity index (χ3n) is 8.45. The highest BCUT2D eigenvalue weighted by Crippen LogP contribution is 2.32. The maximum Gasteiger partial charge on any atom is 0.410 e. The van der Waals surface area contributed by atoms with Crippen molar-refractivity contribution in [1.82, 2.24) is 14.1 Å². The second-order valence-electron chi connectivity index (χ2n) is 11.6. The number of halogens is 1. The number of carbonyl (C=O) groups is 1. The van der Waals surface area contributed by atoms with Gasteiger partial charge in [-0.1, -0.05) is 91.9 Å². The van der Waals surface area contributed by atoms with Crippen LogP contribution in [0.4, 0.5) is 9.18 Å². The van der Waals surface area contributed by atoms with Crippen LogP contribution in [0.2, 0.25) is 0 Å². The summed E-state index contributed by atoms with van der Waals surface area (Å²) < 4.78 is 47.8. The van der Waals surface area contributed by atoms with E-state index in [1.54, 1.807) is 41.3 Å². The molecule has 0 aliphatic carbocycles. The molecule has 0 aromatic heterocycles. The quantitative estimate of drug-likeness (QED) is 0.187. The third kappa shape index (κ3) is 8.77. The second kappa shape index (κ2) is 16.0. The van der Waals surface area contributed by atoms with Crippen LogP contribution in [0.3, 0.4) is 0 Å². The molecule has 1 aliphatic rings. The lowest BCUT2D eigenvalue weighted by molar-refractivity contribution is 0.0646. The Bertz CT molecular complexity index is 1420. The number of likely N-dealkylation sites (tertiary alicyclic amines) is 1. The monoisotopic (exact) mass is 621 g/mol. The van der Waals surface area contributed by atoms with Crippen molar-refractivity contribution >= 4 is 16.1 Å². The van der Waals surface area contributed by atoms with Crippen molar-refractivity contribution in [2.24, 2.45) is 0 Å². The SMILES string of the molecule is C=CCN(C(=O)OCc1ccccc1)C1CCN(CCC(C)(CN(CCF)S(=O)(=O)c2ccccc2)c2ccccc2)CC1. The largest absolute Gasteiger partial charge is 0.445 e. The van der Waals surface area contributed by atoms with Crippen LogP contribution in [0, 0.1) is 0 Å². The topological polar surface area (TPSA) is 70.2 Å². The van der Waals surface area contributed by atoms with Gasteiger partial charge in [0.15, 0.2) is 0 Å². The molecule has 0 spiro atoms. The number of rotatable bonds is 15. The molecule has 0 radical (unpaired) electrons. The summed E-state index contributed by atoms with van der Waals surface area (Å²) in [6.07, 6.45) is 3.68. The molecule has 44 heavy (non-hydrogen) atoms. The molecule has 1 amide bonds. The lowest BCUT2D eigenvalue weighted by atomic mass is 9.79. The van der Waals surface area contributed by atoms with Crippen molar-refractivity contribution < 1.29 is 22.3 Å². The standard InChI is InChI=1S/C35H44FN3O4S/c1-3-23-39(34(40)43-28-30-13-7-4-8-14-30)32-19-24-37(25-20-32)26-21-35(2,31-15-9-5-10-16-31)29-38(27-22-36)44(41,42)33-17-11-6-12-18-33/h3-18,32H,1,19-29H2,2H3. The fourth-order valence-electron chi connectivity index (χ4n) is 5.84. The lowest BCUT2D eigenvalue weighted by Crippen LogP contribution is -2.49. The summed E-state index contributed by atoms with van der Waals surface area (Å²) in [4.78, 5) is 17.3. The van der Waals surface area contributed by atoms with E-state index in [0.717, 1.165) is 43.6 Å². The van der Waals surface area contributed by atoms with E-state index in [2.05, 4.69) is 18.4 Å². The minimum atomic E-state index is -3.88. The Kier molecular flexibility index (Phi) is 12.1. The van der Waals surface area contributed by atoms with Gasteiger partial charge in [0.1, 0.15) is 13.3 Å². The van der Waals surface area contributed by atoms with E-state index in [9.17, 15) is 17.6 Å². The highest BCUT2D eigenvalue weighted by Gasteiger charge is 2.36. The van der Waals surface area contributed by atoms with Gasteiger partial charge in [0.05, 0.1) is 4.90 Å². The number of sulfonamides is 1. The first kappa shape index (κ1) is 33.4. The minimum Gasteiger partial charge on any atom is -0.445 e. The van der Waals surface area contributed by atoms with Crippen LogP contribution in [0.25, 0.3) is 0 Å². The van der Waals surface area contributed by atoms with E-state index < -0.39 is 22.1 Å². The van der Waals surface area contributed by atoms with Crippen molar-refractivity contribution in [2.45, 2.75) is 49.1 Å². The number of nitrogens with zero attached hydrogens (tertiary/aromatic N) is 3. The smallest absolute Gasteiger partial charge is 0.410 e. The number of ether oxygens (including phenoxy) is 1. The van der Waals surface area contributed by atoms with Gasteiger partial charge in [-0.3, -0.25) is 0 Å². The van der Waals surface area contributed by atoms with Gasteiger partial charge in [0, 0.05) is 44.2 Å². The Labute approximate surface area is 262 Å². The number of hydrogen-bond donors (Lipinski definition) is 0. The van der Waals surface area contributed by atoms with Gasteiger partial charge in [0.25, 0.3) is 0 Å². The first-order valence-corrected chi connectivity index (χ1v) is 16.7. The summed E-state index contributed by atoms with van der Waals surface area (Å²) in [5.74, 6) is 0. The predicted octanol–water partition coefficient (Wildman–Crippen LogP) is 6.28. The van der Waals surface area contributed by atoms with Crippen molar-refractivity contribution in [3.8, 4) is 0 Å². The fraction of sp³-hybridized carbons (Fsp3) is 0.400. The molecule has 0 saturated carbocycles. The summed E-state index contributed by atoms with van der Waals surface area (Å²) in [6, 6.07) is 27.8. The Morgan fingerprint density at radius 1 is 1.00 bits per heavy atom. The van der Waals surface area contributed by atoms with E-state index >= 15 is 0 Å². The van der Waals surface area contributed by atoms with Crippen molar-refractivity contribution in [2.75, 3.05) is 45.9 Å². The van der Waals surface area contributed by atoms with Crippen molar-refractivity contribution in [3.63, 3.8) is 0 Å². The maximum atomic E-state index is 13.7. The van der Waals surface area contributed by atoms with Crippen molar-refractivity contribution in [3.05, 3.63) is 115 Å². The number of piperidine rings is 1. The average molecular weight is 622 g/mol. The molecule has 0 bridgehead atoms. The van der Waals surface area contributed by atoms with Gasteiger partial charge in [-0.2, -0.15) is 4.31 Å². The van der Waals surface area contributed by atoms with E-state index in [-0.39, 0.29) is 36.7 Å². The second-order valence-corrected chi connectivity index (χ2v) is 13.5. The normalized spacial score (nSPS) is 15.9. The molecule has 1 fully saturated rings. The Balaban J connectivity index is 1.41. The van der Waals surface area contributed by atoms with E-state index in [0.29, 0.717) is 13.0 Å². The summed E-state index contributed by atoms with van der Waals surface area (Å²) >= 11 is 0. The van der Waals surface area contributed by atoms with Crippen LogP contribution in [0.5, 0.6) is 0 Å². The third-order valence-corrected chi connectivity index (χ3v) is 10.3. The highest BCUT2D eigenvalue weighted by molar-refractivity contribution is 7.89. The number of benzene rings is 3. The zero-order chi connectivity index (χ0) is 31.4. The van der Waals surface area contributed by atoms with Gasteiger partial charge < -0.3 is 14.5 Å². The minimum absolute atomic E-state index is 0.0455. The molecule has 0 N–H and O–H groups in total. The highest BCUT2D eigenvalue weighted by atomic mass is 32.2. The summed E-state index contributed by atoms with van der Waals surface area (Å²) in [5, 5.41) is 0. The molecule has 3 aromatic carbocycles. The van der Waals surface area contributed by atoms with Gasteiger partial charge in [-0.05, 0) is 49.1 Å². The molecule has 1 aliphatic heterocycles. The molecule has 4 rings (SSSR count). The van der Waals surface area contributed by atoms with Crippen LogP contribution >= 0.6 is 0 Å². The molecule has 236 valence electrons. The number of hydrogen-bond acceptors (Lipinski definition) is 5. The lowest BCUT2D eigenvalue weighted by Gasteiger charge is -2.40. The first-order chi connectivity index (χ1) is 21.3. The Hall–Kier alpha value is -3.53. The molecule has 9 heteroatoms. The fourth-order valence-corrected chi connectivity index (χ4v) is 7.40. The van der Waals surface area contributed by atoms with E-state index in [1.807, 2.05) is 60.7 Å². The molecule has 1 unspecified atom stereocenters. The molecule has 1 atom stereocenters. The zero-order valence-electron chi connectivity index (χ0n) is 25.6. The Morgan fingerprint density at radius 3 is 2.18 bits per heavy atom. The number of carbonyl (C=O) groups excluding carboxylic acids is 1. The molecular formula is C35H44FN3O4S. The van der Waals surface area contributed by atoms with E-state index in [1.165, 1.54) is 4.31 Å². The number of alkyl halides is 1. The summed E-state index contributed by atoms with van der Waals surface area (Å²) in [6.45, 7) is 8.08. The van der Waals surface area contributed by atoms with E-state index in [4.69, 9.17) is 4.74 Å². The first-order valence-electron chi connectivity index (χ1n) is 15.2.